The number of para-hydroxylation sites is 1. The Bertz CT molecular complexity index is 1320. The number of carbonyl (C=O) groups is 1. The van der Waals surface area contributed by atoms with Crippen molar-refractivity contribution in [3.8, 4) is 17.0 Å². The molecule has 2 aromatic heterocycles. The Morgan fingerprint density at radius 1 is 1.19 bits per heavy atom. The van der Waals surface area contributed by atoms with Crippen LogP contribution in [-0.2, 0) is 11.3 Å². The van der Waals surface area contributed by atoms with Crippen molar-refractivity contribution in [1.29, 1.82) is 0 Å². The van der Waals surface area contributed by atoms with E-state index < -0.39 is 5.25 Å². The largest absolute Gasteiger partial charge is 0.497 e. The second-order valence-corrected chi connectivity index (χ2v) is 9.14. The lowest BCUT2D eigenvalue weighted by Gasteiger charge is -2.14. The molecule has 4 rings (SSSR count). The van der Waals surface area contributed by atoms with Crippen LogP contribution in [0.25, 0.3) is 22.2 Å². The maximum Gasteiger partial charge on any atom is 0.262 e. The molecule has 0 saturated heterocycles. The van der Waals surface area contributed by atoms with E-state index in [0.29, 0.717) is 27.7 Å². The minimum absolute atomic E-state index is 0.0998. The zero-order chi connectivity index (χ0) is 22.7. The van der Waals surface area contributed by atoms with Crippen LogP contribution in [0.4, 0.5) is 5.13 Å². The van der Waals surface area contributed by atoms with Gasteiger partial charge in [0, 0.05) is 17.5 Å². The second-order valence-electron chi connectivity index (χ2n) is 6.98. The quantitative estimate of drug-likeness (QED) is 0.315. The number of nitrogens with one attached hydrogen (secondary N) is 1. The highest BCUT2D eigenvalue weighted by molar-refractivity contribution is 8.00. The van der Waals surface area contributed by atoms with Crippen LogP contribution in [0.5, 0.6) is 5.75 Å². The molecule has 4 aromatic rings. The van der Waals surface area contributed by atoms with Gasteiger partial charge in [0.05, 0.1) is 29.0 Å². The van der Waals surface area contributed by atoms with Gasteiger partial charge in [-0.1, -0.05) is 23.9 Å². The molecule has 2 aromatic carbocycles. The molecule has 164 valence electrons. The fourth-order valence-electron chi connectivity index (χ4n) is 3.16. The normalized spacial score (nSPS) is 12.0. The van der Waals surface area contributed by atoms with Gasteiger partial charge in [0.1, 0.15) is 5.75 Å². The van der Waals surface area contributed by atoms with Crippen LogP contribution in [0.1, 0.15) is 13.8 Å². The van der Waals surface area contributed by atoms with Gasteiger partial charge in [-0.05, 0) is 50.2 Å². The predicted octanol–water partition coefficient (Wildman–Crippen LogP) is 4.67. The number of hydrogen-bond acceptors (Lipinski definition) is 7. The van der Waals surface area contributed by atoms with Crippen molar-refractivity contribution in [2.24, 2.45) is 0 Å². The summed E-state index contributed by atoms with van der Waals surface area (Å²) < 4.78 is 6.78. The fraction of sp³-hybridized carbons (Fsp3) is 0.217. The molecule has 1 unspecified atom stereocenters. The van der Waals surface area contributed by atoms with Crippen molar-refractivity contribution in [2.75, 3.05) is 12.4 Å². The molecule has 0 aliphatic heterocycles. The van der Waals surface area contributed by atoms with E-state index in [2.05, 4.69) is 15.3 Å². The molecule has 1 N–H and O–H groups in total. The zero-order valence-corrected chi connectivity index (χ0v) is 19.5. The van der Waals surface area contributed by atoms with Crippen molar-refractivity contribution in [2.45, 2.75) is 30.8 Å². The number of ether oxygens (including phenoxy) is 1. The third kappa shape index (κ3) is 4.53. The summed E-state index contributed by atoms with van der Waals surface area (Å²) in [4.78, 5) is 34.7. The van der Waals surface area contributed by atoms with Gasteiger partial charge in [-0.3, -0.25) is 14.2 Å². The monoisotopic (exact) mass is 466 g/mol. The summed E-state index contributed by atoms with van der Waals surface area (Å²) in [7, 11) is 1.62. The average molecular weight is 467 g/mol. The van der Waals surface area contributed by atoms with Gasteiger partial charge in [-0.25, -0.2) is 9.97 Å². The van der Waals surface area contributed by atoms with Crippen LogP contribution < -0.4 is 15.6 Å². The third-order valence-corrected chi connectivity index (χ3v) is 6.76. The summed E-state index contributed by atoms with van der Waals surface area (Å²) in [5.74, 6) is 0.576. The van der Waals surface area contributed by atoms with Gasteiger partial charge < -0.3 is 10.1 Å². The van der Waals surface area contributed by atoms with E-state index in [1.165, 1.54) is 23.1 Å². The standard InChI is InChI=1S/C23H22N4O3S2/c1-4-27-21(29)17-7-5-6-8-18(17)25-23(27)32-14(2)20(28)26-22-24-19(13-31-22)15-9-11-16(30-3)12-10-15/h5-14H,4H2,1-3H3,(H,24,26,28). The molecule has 1 amide bonds. The first kappa shape index (κ1) is 22.0. The van der Waals surface area contributed by atoms with E-state index in [1.54, 1.807) is 24.7 Å². The lowest BCUT2D eigenvalue weighted by molar-refractivity contribution is -0.115. The van der Waals surface area contributed by atoms with Gasteiger partial charge >= 0.3 is 0 Å². The molecular formula is C23H22N4O3S2. The van der Waals surface area contributed by atoms with Crippen LogP contribution in [-0.4, -0.2) is 32.8 Å². The second kappa shape index (κ2) is 9.54. The van der Waals surface area contributed by atoms with Gasteiger partial charge in [-0.2, -0.15) is 0 Å². The number of aromatic nitrogens is 3. The van der Waals surface area contributed by atoms with Gasteiger partial charge in [0.2, 0.25) is 5.91 Å². The summed E-state index contributed by atoms with van der Waals surface area (Å²) in [6.07, 6.45) is 0. The Morgan fingerprint density at radius 3 is 2.66 bits per heavy atom. The first-order valence-electron chi connectivity index (χ1n) is 10.1. The first-order chi connectivity index (χ1) is 15.5. The minimum Gasteiger partial charge on any atom is -0.497 e. The molecule has 7 nitrogen and oxygen atoms in total. The number of thiazole rings is 1. The zero-order valence-electron chi connectivity index (χ0n) is 17.9. The van der Waals surface area contributed by atoms with Crippen molar-refractivity contribution in [3.05, 3.63) is 64.3 Å². The molecule has 1 atom stereocenters. The Morgan fingerprint density at radius 2 is 1.94 bits per heavy atom. The van der Waals surface area contributed by atoms with Crippen LogP contribution in [0.3, 0.4) is 0 Å². The van der Waals surface area contributed by atoms with Crippen molar-refractivity contribution >= 4 is 45.0 Å². The third-order valence-electron chi connectivity index (χ3n) is 4.91. The molecule has 9 heteroatoms. The first-order valence-corrected chi connectivity index (χ1v) is 11.8. The highest BCUT2D eigenvalue weighted by Crippen LogP contribution is 2.28. The van der Waals surface area contributed by atoms with E-state index >= 15 is 0 Å². The Kier molecular flexibility index (Phi) is 6.57. The molecule has 0 saturated carbocycles. The van der Waals surface area contributed by atoms with Crippen LogP contribution in [0.15, 0.2) is 63.9 Å². The van der Waals surface area contributed by atoms with E-state index in [4.69, 9.17) is 4.74 Å². The topological polar surface area (TPSA) is 86.1 Å². The van der Waals surface area contributed by atoms with E-state index in [9.17, 15) is 9.59 Å². The van der Waals surface area contributed by atoms with Gasteiger partial charge in [-0.15, -0.1) is 11.3 Å². The highest BCUT2D eigenvalue weighted by Gasteiger charge is 2.20. The van der Waals surface area contributed by atoms with Crippen molar-refractivity contribution < 1.29 is 9.53 Å². The number of thioether (sulfide) groups is 1. The number of hydrogen-bond donors (Lipinski definition) is 1. The minimum atomic E-state index is -0.464. The summed E-state index contributed by atoms with van der Waals surface area (Å²) >= 11 is 2.63. The van der Waals surface area contributed by atoms with Gasteiger partial charge in [0.15, 0.2) is 10.3 Å². The highest BCUT2D eigenvalue weighted by atomic mass is 32.2. The molecule has 0 spiro atoms. The summed E-state index contributed by atoms with van der Waals surface area (Å²) in [6, 6.07) is 14.8. The molecular weight excluding hydrogens is 444 g/mol. The lowest BCUT2D eigenvalue weighted by Crippen LogP contribution is -2.26. The predicted molar refractivity (Wildman–Crippen MR) is 130 cm³/mol. The Hall–Kier alpha value is -3.17. The number of nitrogens with zero attached hydrogens (tertiary/aromatic N) is 3. The molecule has 32 heavy (non-hydrogen) atoms. The Labute approximate surface area is 193 Å². The maximum absolute atomic E-state index is 12.8. The number of rotatable bonds is 7. The maximum atomic E-state index is 12.8. The van der Waals surface area contributed by atoms with E-state index in [0.717, 1.165) is 17.0 Å². The fourth-order valence-corrected chi connectivity index (χ4v) is 4.86. The molecule has 0 bridgehead atoms. The smallest absolute Gasteiger partial charge is 0.262 e. The molecule has 2 heterocycles. The number of methoxy groups -OCH3 is 1. The van der Waals surface area contributed by atoms with Gasteiger partial charge in [0.25, 0.3) is 5.56 Å². The molecule has 0 aliphatic carbocycles. The number of carbonyl (C=O) groups excluding carboxylic acids is 1. The van der Waals surface area contributed by atoms with Crippen molar-refractivity contribution in [3.63, 3.8) is 0 Å². The number of benzene rings is 2. The molecule has 0 aliphatic rings. The van der Waals surface area contributed by atoms with Crippen LogP contribution in [0, 0.1) is 0 Å². The van der Waals surface area contributed by atoms with E-state index in [-0.39, 0.29) is 11.5 Å². The number of amides is 1. The Balaban J connectivity index is 1.49. The lowest BCUT2D eigenvalue weighted by atomic mass is 10.2. The van der Waals surface area contributed by atoms with Crippen LogP contribution in [0.2, 0.25) is 0 Å². The summed E-state index contributed by atoms with van der Waals surface area (Å²) in [5.41, 5.74) is 2.25. The molecule has 0 radical (unpaired) electrons. The number of fused-ring (bicyclic) bond motifs is 1. The van der Waals surface area contributed by atoms with Crippen LogP contribution >= 0.6 is 23.1 Å². The average Bonchev–Trinajstić information content (AvgIpc) is 3.28. The summed E-state index contributed by atoms with van der Waals surface area (Å²) in [6.45, 7) is 4.16. The number of anilines is 1. The molecule has 0 fully saturated rings. The summed E-state index contributed by atoms with van der Waals surface area (Å²) in [5, 5.41) is 5.93. The SMILES string of the molecule is CCn1c(SC(C)C(=O)Nc2nc(-c3ccc(OC)cc3)cs2)nc2ccccc2c1=O. The van der Waals surface area contributed by atoms with Crippen molar-refractivity contribution in [1.82, 2.24) is 14.5 Å². The van der Waals surface area contributed by atoms with E-state index in [1.807, 2.05) is 54.8 Å².